The molecule has 0 spiro atoms. The van der Waals surface area contributed by atoms with Crippen LogP contribution in [0.15, 0.2) is 36.7 Å². The van der Waals surface area contributed by atoms with E-state index in [0.29, 0.717) is 11.7 Å². The second-order valence-electron chi connectivity index (χ2n) is 5.57. The second-order valence-corrected chi connectivity index (χ2v) is 5.57. The third-order valence-corrected chi connectivity index (χ3v) is 4.17. The van der Waals surface area contributed by atoms with Gasteiger partial charge in [-0.25, -0.2) is 4.98 Å². The zero-order valence-corrected chi connectivity index (χ0v) is 12.0. The van der Waals surface area contributed by atoms with E-state index in [4.69, 9.17) is 0 Å². The van der Waals surface area contributed by atoms with Crippen LogP contribution in [0, 0.1) is 6.92 Å². The van der Waals surface area contributed by atoms with E-state index in [9.17, 15) is 0 Å². The third kappa shape index (κ3) is 2.14. The maximum Gasteiger partial charge on any atom is 0.254 e. The quantitative estimate of drug-likeness (QED) is 0.800. The Hall–Kier alpha value is -2.43. The molecular formula is C16H17N5. The van der Waals surface area contributed by atoms with Crippen molar-refractivity contribution >= 4 is 11.6 Å². The predicted molar refractivity (Wildman–Crippen MR) is 81.5 cm³/mol. The van der Waals surface area contributed by atoms with Crippen LogP contribution in [-0.2, 0) is 6.42 Å². The zero-order valence-electron chi connectivity index (χ0n) is 12.0. The van der Waals surface area contributed by atoms with E-state index in [1.165, 1.54) is 30.3 Å². The van der Waals surface area contributed by atoms with Crippen molar-refractivity contribution in [1.82, 2.24) is 19.6 Å². The van der Waals surface area contributed by atoms with Gasteiger partial charge in [0.1, 0.15) is 12.1 Å². The van der Waals surface area contributed by atoms with Gasteiger partial charge in [0.25, 0.3) is 5.78 Å². The molecule has 0 saturated carbocycles. The highest BCUT2D eigenvalue weighted by atomic mass is 15.3. The lowest BCUT2D eigenvalue weighted by Gasteiger charge is -2.14. The molecule has 5 heteroatoms. The highest BCUT2D eigenvalue weighted by Crippen LogP contribution is 2.32. The second kappa shape index (κ2) is 4.84. The Morgan fingerprint density at radius 3 is 3.19 bits per heavy atom. The number of hydrogen-bond acceptors (Lipinski definition) is 4. The SMILES string of the molecule is Cc1cc(NCC2CCc3ccccc32)n2ncnc2n1. The van der Waals surface area contributed by atoms with Gasteiger partial charge < -0.3 is 5.32 Å². The molecule has 3 aromatic rings. The summed E-state index contributed by atoms with van der Waals surface area (Å²) in [6.45, 7) is 2.89. The van der Waals surface area contributed by atoms with Crippen molar-refractivity contribution in [3.63, 3.8) is 0 Å². The fraction of sp³-hybridized carbons (Fsp3) is 0.312. The van der Waals surface area contributed by atoms with E-state index in [1.807, 2.05) is 13.0 Å². The lowest BCUT2D eigenvalue weighted by Crippen LogP contribution is -2.13. The van der Waals surface area contributed by atoms with Gasteiger partial charge in [0.05, 0.1) is 0 Å². The molecular weight excluding hydrogens is 262 g/mol. The number of aryl methyl sites for hydroxylation is 2. The maximum atomic E-state index is 4.36. The minimum absolute atomic E-state index is 0.563. The first kappa shape index (κ1) is 12.3. The zero-order chi connectivity index (χ0) is 14.2. The van der Waals surface area contributed by atoms with Crippen LogP contribution in [0.2, 0.25) is 0 Å². The molecule has 1 atom stereocenters. The summed E-state index contributed by atoms with van der Waals surface area (Å²) in [6.07, 6.45) is 3.92. The van der Waals surface area contributed by atoms with Gasteiger partial charge in [-0.3, -0.25) is 0 Å². The van der Waals surface area contributed by atoms with Crippen molar-refractivity contribution in [2.45, 2.75) is 25.7 Å². The molecule has 0 bridgehead atoms. The smallest absolute Gasteiger partial charge is 0.254 e. The van der Waals surface area contributed by atoms with E-state index in [0.717, 1.165) is 18.1 Å². The normalized spacial score (nSPS) is 17.1. The first-order valence-corrected chi connectivity index (χ1v) is 7.30. The molecule has 2 heterocycles. The number of rotatable bonds is 3. The van der Waals surface area contributed by atoms with Gasteiger partial charge in [-0.1, -0.05) is 24.3 Å². The van der Waals surface area contributed by atoms with E-state index in [1.54, 1.807) is 4.52 Å². The summed E-state index contributed by atoms with van der Waals surface area (Å²) in [7, 11) is 0. The van der Waals surface area contributed by atoms with Crippen LogP contribution in [0.5, 0.6) is 0 Å². The Bertz CT molecular complexity index is 792. The summed E-state index contributed by atoms with van der Waals surface area (Å²) in [4.78, 5) is 8.52. The number of nitrogens with zero attached hydrogens (tertiary/aromatic N) is 4. The van der Waals surface area contributed by atoms with Crippen molar-refractivity contribution in [3.8, 4) is 0 Å². The van der Waals surface area contributed by atoms with Crippen LogP contribution < -0.4 is 5.32 Å². The van der Waals surface area contributed by atoms with E-state index >= 15 is 0 Å². The lowest BCUT2D eigenvalue weighted by atomic mass is 10.0. The Balaban J connectivity index is 1.58. The van der Waals surface area contributed by atoms with Gasteiger partial charge in [-0.2, -0.15) is 14.6 Å². The molecule has 2 aromatic heterocycles. The molecule has 0 amide bonds. The molecule has 106 valence electrons. The summed E-state index contributed by atoms with van der Waals surface area (Å²) in [5.41, 5.74) is 3.91. The average Bonchev–Trinajstić information content (AvgIpc) is 3.11. The van der Waals surface area contributed by atoms with Crippen LogP contribution in [0.25, 0.3) is 5.78 Å². The molecule has 1 N–H and O–H groups in total. The first-order valence-electron chi connectivity index (χ1n) is 7.30. The molecule has 1 unspecified atom stereocenters. The van der Waals surface area contributed by atoms with Gasteiger partial charge in [-0.15, -0.1) is 0 Å². The minimum atomic E-state index is 0.563. The molecule has 0 fully saturated rings. The maximum absolute atomic E-state index is 4.36. The molecule has 1 aromatic carbocycles. The fourth-order valence-corrected chi connectivity index (χ4v) is 3.14. The summed E-state index contributed by atoms with van der Waals surface area (Å²) in [5, 5.41) is 7.75. The van der Waals surface area contributed by atoms with Crippen LogP contribution in [-0.4, -0.2) is 26.1 Å². The van der Waals surface area contributed by atoms with Gasteiger partial charge in [0.15, 0.2) is 0 Å². The van der Waals surface area contributed by atoms with Crippen molar-refractivity contribution < 1.29 is 0 Å². The molecule has 4 rings (SSSR count). The lowest BCUT2D eigenvalue weighted by molar-refractivity contribution is 0.704. The Kier molecular flexibility index (Phi) is 2.84. The standard InChI is InChI=1S/C16H17N5/c1-11-8-15(21-16(20-11)18-10-19-21)17-9-13-7-6-12-4-2-3-5-14(12)13/h2-5,8,10,13,17H,6-7,9H2,1H3. The minimum Gasteiger partial charge on any atom is -0.369 e. The van der Waals surface area contributed by atoms with Crippen molar-refractivity contribution in [2.75, 3.05) is 11.9 Å². The van der Waals surface area contributed by atoms with Gasteiger partial charge in [0, 0.05) is 24.2 Å². The molecule has 0 aliphatic heterocycles. The topological polar surface area (TPSA) is 55.1 Å². The predicted octanol–water partition coefficient (Wildman–Crippen LogP) is 2.57. The number of aromatic nitrogens is 4. The number of nitrogens with one attached hydrogen (secondary N) is 1. The molecule has 0 saturated heterocycles. The summed E-state index contributed by atoms with van der Waals surface area (Å²) < 4.78 is 1.76. The number of anilines is 1. The molecule has 5 nitrogen and oxygen atoms in total. The van der Waals surface area contributed by atoms with Crippen molar-refractivity contribution in [3.05, 3.63) is 53.5 Å². The van der Waals surface area contributed by atoms with Gasteiger partial charge in [0.2, 0.25) is 0 Å². The molecule has 0 radical (unpaired) electrons. The highest BCUT2D eigenvalue weighted by Gasteiger charge is 2.21. The summed E-state index contributed by atoms with van der Waals surface area (Å²) >= 11 is 0. The van der Waals surface area contributed by atoms with Crippen LogP contribution in [0.4, 0.5) is 5.82 Å². The number of benzene rings is 1. The fourth-order valence-electron chi connectivity index (χ4n) is 3.14. The monoisotopic (exact) mass is 279 g/mol. The van der Waals surface area contributed by atoms with Crippen LogP contribution in [0.1, 0.15) is 29.2 Å². The molecule has 21 heavy (non-hydrogen) atoms. The van der Waals surface area contributed by atoms with Gasteiger partial charge >= 0.3 is 0 Å². The summed E-state index contributed by atoms with van der Waals surface area (Å²) in [5.74, 6) is 2.16. The van der Waals surface area contributed by atoms with Crippen LogP contribution in [0.3, 0.4) is 0 Å². The van der Waals surface area contributed by atoms with Crippen molar-refractivity contribution in [2.24, 2.45) is 0 Å². The third-order valence-electron chi connectivity index (χ3n) is 4.17. The van der Waals surface area contributed by atoms with E-state index in [-0.39, 0.29) is 0 Å². The Morgan fingerprint density at radius 1 is 1.33 bits per heavy atom. The number of hydrogen-bond donors (Lipinski definition) is 1. The molecule has 1 aliphatic carbocycles. The van der Waals surface area contributed by atoms with E-state index in [2.05, 4.69) is 44.6 Å². The van der Waals surface area contributed by atoms with Crippen LogP contribution >= 0.6 is 0 Å². The molecule has 1 aliphatic rings. The van der Waals surface area contributed by atoms with Crippen molar-refractivity contribution in [1.29, 1.82) is 0 Å². The number of fused-ring (bicyclic) bond motifs is 2. The summed E-state index contributed by atoms with van der Waals surface area (Å²) in [6, 6.07) is 10.8. The highest BCUT2D eigenvalue weighted by molar-refractivity contribution is 5.45. The van der Waals surface area contributed by atoms with Gasteiger partial charge in [-0.05, 0) is 30.9 Å². The van der Waals surface area contributed by atoms with E-state index < -0.39 is 0 Å². The average molecular weight is 279 g/mol. The Morgan fingerprint density at radius 2 is 2.24 bits per heavy atom. The first-order chi connectivity index (χ1) is 10.3. The largest absolute Gasteiger partial charge is 0.369 e. The Labute approximate surface area is 123 Å².